The first kappa shape index (κ1) is 33.7. The van der Waals surface area contributed by atoms with Crippen LogP contribution in [-0.2, 0) is 44.3 Å². The second kappa shape index (κ2) is 22.2. The fourth-order valence-corrected chi connectivity index (χ4v) is 3.62. The molecule has 0 amide bonds. The summed E-state index contributed by atoms with van der Waals surface area (Å²) in [6, 6.07) is 6.01. The quantitative estimate of drug-likeness (QED) is 0.159. The van der Waals surface area contributed by atoms with Crippen molar-refractivity contribution in [3.63, 3.8) is 0 Å². The fraction of sp³-hybridized carbons (Fsp3) is 0.786. The van der Waals surface area contributed by atoms with Gasteiger partial charge < -0.3 is 52.5 Å². The third-order valence-electron chi connectivity index (χ3n) is 5.38. The van der Waals surface area contributed by atoms with E-state index >= 15 is 0 Å². The summed E-state index contributed by atoms with van der Waals surface area (Å²) in [5, 5.41) is 8.57. The average molecular weight is 561 g/mol. The van der Waals surface area contributed by atoms with Gasteiger partial charge in [0.15, 0.2) is 11.5 Å². The zero-order valence-electron chi connectivity index (χ0n) is 23.7. The Balaban J connectivity index is 1.23. The van der Waals surface area contributed by atoms with Gasteiger partial charge in [0, 0.05) is 12.0 Å². The van der Waals surface area contributed by atoms with Crippen LogP contribution in [-0.4, -0.2) is 130 Å². The van der Waals surface area contributed by atoms with E-state index in [4.69, 9.17) is 52.5 Å². The van der Waals surface area contributed by atoms with Gasteiger partial charge in [0.2, 0.25) is 0 Å². The lowest BCUT2D eigenvalue weighted by Gasteiger charge is -2.18. The van der Waals surface area contributed by atoms with Gasteiger partial charge in [-0.2, -0.15) is 0 Å². The van der Waals surface area contributed by atoms with Gasteiger partial charge in [-0.3, -0.25) is 0 Å². The summed E-state index contributed by atoms with van der Waals surface area (Å²) in [5.41, 5.74) is 0.998. The molecule has 1 aliphatic heterocycles. The van der Waals surface area contributed by atoms with Crippen LogP contribution < -0.4 is 9.47 Å². The second-order valence-corrected chi connectivity index (χ2v) is 9.25. The van der Waals surface area contributed by atoms with E-state index in [2.05, 4.69) is 19.9 Å². The number of rotatable bonds is 27. The Morgan fingerprint density at radius 1 is 0.590 bits per heavy atom. The van der Waals surface area contributed by atoms with Crippen molar-refractivity contribution in [3.8, 4) is 11.5 Å². The van der Waals surface area contributed by atoms with E-state index in [1.165, 1.54) is 5.56 Å². The lowest BCUT2D eigenvalue weighted by atomic mass is 10.0. The fourth-order valence-electron chi connectivity index (χ4n) is 3.62. The predicted octanol–water partition coefficient (Wildman–Crippen LogP) is 1.90. The minimum absolute atomic E-state index is 0.0276. The monoisotopic (exact) mass is 560 g/mol. The number of fused-ring (bicyclic) bond motifs is 1. The van der Waals surface area contributed by atoms with Crippen molar-refractivity contribution in [2.24, 2.45) is 0 Å². The highest BCUT2D eigenvalue weighted by Gasteiger charge is 2.32. The molecule has 1 heterocycles. The Kier molecular flexibility index (Phi) is 19.1. The molecular formula is C28H48O11. The molecule has 1 aromatic carbocycles. The molecule has 0 aromatic heterocycles. The predicted molar refractivity (Wildman–Crippen MR) is 144 cm³/mol. The third kappa shape index (κ3) is 17.0. The molecule has 0 radical (unpaired) electrons. The minimum atomic E-state index is -0.187. The van der Waals surface area contributed by atoms with Gasteiger partial charge in [-0.1, -0.05) is 12.1 Å². The van der Waals surface area contributed by atoms with Crippen LogP contribution >= 0.6 is 0 Å². The van der Waals surface area contributed by atoms with Gasteiger partial charge in [0.25, 0.3) is 0 Å². The van der Waals surface area contributed by atoms with E-state index in [-0.39, 0.29) is 12.2 Å². The molecule has 1 aromatic rings. The molecule has 0 fully saturated rings. The smallest absolute Gasteiger partial charge is 0.165 e. The summed E-state index contributed by atoms with van der Waals surface area (Å²) in [7, 11) is 0. The summed E-state index contributed by atoms with van der Waals surface area (Å²) in [6.45, 7) is 12.5. The van der Waals surface area contributed by atoms with Gasteiger partial charge in [-0.05, 0) is 19.9 Å². The Bertz CT molecular complexity index is 717. The van der Waals surface area contributed by atoms with Gasteiger partial charge in [0.1, 0.15) is 12.2 Å². The van der Waals surface area contributed by atoms with E-state index < -0.39 is 0 Å². The molecule has 0 saturated heterocycles. The molecule has 0 atom stereocenters. The third-order valence-corrected chi connectivity index (χ3v) is 5.38. The van der Waals surface area contributed by atoms with Crippen molar-refractivity contribution in [1.29, 1.82) is 0 Å². The molecule has 0 unspecified atom stereocenters. The number of hydrogen-bond acceptors (Lipinski definition) is 11. The minimum Gasteiger partial charge on any atom is -0.487 e. The normalized spacial score (nSPS) is 13.9. The van der Waals surface area contributed by atoms with Crippen molar-refractivity contribution >= 4 is 0 Å². The van der Waals surface area contributed by atoms with Crippen molar-refractivity contribution in [2.45, 2.75) is 25.9 Å². The van der Waals surface area contributed by atoms with E-state index in [9.17, 15) is 0 Å². The zero-order valence-corrected chi connectivity index (χ0v) is 23.7. The Morgan fingerprint density at radius 3 is 1.38 bits per heavy atom. The first-order chi connectivity index (χ1) is 19.1. The Morgan fingerprint density at radius 2 is 0.974 bits per heavy atom. The van der Waals surface area contributed by atoms with Crippen molar-refractivity contribution in [1.82, 2.24) is 0 Å². The molecule has 0 saturated carbocycles. The molecule has 11 heteroatoms. The first-order valence-corrected chi connectivity index (χ1v) is 13.8. The van der Waals surface area contributed by atoms with E-state index in [1.807, 2.05) is 12.1 Å². The van der Waals surface area contributed by atoms with E-state index in [1.54, 1.807) is 0 Å². The van der Waals surface area contributed by atoms with Crippen LogP contribution in [0.25, 0.3) is 0 Å². The van der Waals surface area contributed by atoms with Gasteiger partial charge in [-0.15, -0.1) is 0 Å². The van der Waals surface area contributed by atoms with Crippen LogP contribution in [0.4, 0.5) is 0 Å². The molecule has 2 rings (SSSR count). The summed E-state index contributed by atoms with van der Waals surface area (Å²) < 4.78 is 55.1. The van der Waals surface area contributed by atoms with Crippen LogP contribution in [0.15, 0.2) is 18.2 Å². The highest BCUT2D eigenvalue weighted by atomic mass is 16.6. The van der Waals surface area contributed by atoms with E-state index in [0.717, 1.165) is 17.9 Å². The lowest BCUT2D eigenvalue weighted by Crippen LogP contribution is -2.24. The molecule has 0 bridgehead atoms. The zero-order chi connectivity index (χ0) is 27.9. The lowest BCUT2D eigenvalue weighted by molar-refractivity contribution is -0.0243. The molecule has 1 aliphatic rings. The van der Waals surface area contributed by atoms with Crippen LogP contribution in [0.2, 0.25) is 0 Å². The van der Waals surface area contributed by atoms with Crippen LogP contribution in [0.5, 0.6) is 11.5 Å². The molecule has 1 N–H and O–H groups in total. The molecular weight excluding hydrogens is 512 g/mol. The maximum Gasteiger partial charge on any atom is 0.165 e. The molecule has 39 heavy (non-hydrogen) atoms. The topological polar surface area (TPSA) is 113 Å². The summed E-state index contributed by atoms with van der Waals surface area (Å²) >= 11 is 0. The highest BCUT2D eigenvalue weighted by Crippen LogP contribution is 2.41. The van der Waals surface area contributed by atoms with Crippen molar-refractivity contribution < 1.29 is 52.5 Å². The molecule has 0 aliphatic carbocycles. The second-order valence-electron chi connectivity index (χ2n) is 9.25. The molecule has 226 valence electrons. The van der Waals surface area contributed by atoms with Gasteiger partial charge in [0.05, 0.1) is 112 Å². The summed E-state index contributed by atoms with van der Waals surface area (Å²) in [4.78, 5) is 0. The largest absolute Gasteiger partial charge is 0.487 e. The Labute approximate surface area is 232 Å². The molecule has 11 nitrogen and oxygen atoms in total. The van der Waals surface area contributed by atoms with Gasteiger partial charge in [-0.25, -0.2) is 0 Å². The number of aliphatic hydroxyl groups is 1. The van der Waals surface area contributed by atoms with E-state index in [0.29, 0.717) is 112 Å². The average Bonchev–Trinajstić information content (AvgIpc) is 3.25. The van der Waals surface area contributed by atoms with Crippen LogP contribution in [0.3, 0.4) is 0 Å². The number of hydrogen-bond donors (Lipinski definition) is 1. The number of benzene rings is 1. The van der Waals surface area contributed by atoms with Gasteiger partial charge >= 0.3 is 0 Å². The molecule has 0 spiro atoms. The van der Waals surface area contributed by atoms with Crippen molar-refractivity contribution in [2.75, 3.05) is 119 Å². The summed E-state index contributed by atoms with van der Waals surface area (Å²) in [5.74, 6) is 1.62. The number of para-hydroxylation sites is 1. The van der Waals surface area contributed by atoms with Crippen molar-refractivity contribution in [3.05, 3.63) is 23.8 Å². The maximum atomic E-state index is 8.57. The Hall–Kier alpha value is -1.54. The standard InChI is InChI=1S/C28H48O11/c1-28(2)24-25-4-3-5-26(27(25)39-28)38-23-22-37-21-20-36-19-18-35-17-16-34-15-14-33-13-12-32-11-10-31-9-8-30-7-6-29/h3-5,29H,6-24H2,1-2H3. The summed E-state index contributed by atoms with van der Waals surface area (Å²) in [6.07, 6.45) is 0.888. The highest BCUT2D eigenvalue weighted by molar-refractivity contribution is 5.50. The maximum absolute atomic E-state index is 8.57. The number of aliphatic hydroxyl groups excluding tert-OH is 1. The van der Waals surface area contributed by atoms with Crippen LogP contribution in [0, 0.1) is 0 Å². The van der Waals surface area contributed by atoms with Crippen LogP contribution in [0.1, 0.15) is 19.4 Å². The SMILES string of the molecule is CC1(C)Cc2cccc(OCCOCCOCCOCCOCCOCCOCCOCCOCCO)c2O1. The first-order valence-electron chi connectivity index (χ1n) is 13.8. The number of ether oxygens (including phenoxy) is 10.